The van der Waals surface area contributed by atoms with Gasteiger partial charge in [-0.2, -0.15) is 0 Å². The lowest BCUT2D eigenvalue weighted by Crippen LogP contribution is -2.22. The van der Waals surface area contributed by atoms with Crippen molar-refractivity contribution in [2.75, 3.05) is 6.61 Å². The number of rotatable bonds is 5. The molecule has 0 aromatic rings. The molecular weight excluding hydrogens is 140 g/mol. The Morgan fingerprint density at radius 1 is 1.73 bits per heavy atom. The van der Waals surface area contributed by atoms with E-state index in [-0.39, 0.29) is 5.41 Å². The molecule has 0 saturated carbocycles. The van der Waals surface area contributed by atoms with Gasteiger partial charge < -0.3 is 9.53 Å². The zero-order valence-corrected chi connectivity index (χ0v) is 7.30. The van der Waals surface area contributed by atoms with E-state index in [1.54, 1.807) is 0 Å². The Kier molecular flexibility index (Phi) is 2.66. The Morgan fingerprint density at radius 2 is 2.36 bits per heavy atom. The number of ether oxygens (including phenoxy) is 1. The molecule has 1 saturated heterocycles. The van der Waals surface area contributed by atoms with E-state index in [0.29, 0.717) is 12.5 Å². The van der Waals surface area contributed by atoms with Crippen LogP contribution in [-0.4, -0.2) is 19.0 Å². The van der Waals surface area contributed by atoms with E-state index in [4.69, 9.17) is 4.74 Å². The van der Waals surface area contributed by atoms with Gasteiger partial charge in [-0.05, 0) is 18.3 Å². The first-order chi connectivity index (χ1) is 5.23. The highest BCUT2D eigenvalue weighted by atomic mass is 16.6. The van der Waals surface area contributed by atoms with Gasteiger partial charge in [-0.25, -0.2) is 0 Å². The standard InChI is InChI=1S/C9H16O2/c1-3-9(2,5-4-6-10)8-7-11-8/h6,8H,3-5,7H2,1-2H3. The minimum atomic E-state index is 0.251. The van der Waals surface area contributed by atoms with Crippen molar-refractivity contribution in [2.45, 2.75) is 39.2 Å². The molecule has 2 unspecified atom stereocenters. The van der Waals surface area contributed by atoms with Crippen molar-refractivity contribution in [3.8, 4) is 0 Å². The van der Waals surface area contributed by atoms with Crippen LogP contribution >= 0.6 is 0 Å². The van der Waals surface area contributed by atoms with Crippen LogP contribution in [0.3, 0.4) is 0 Å². The Hall–Kier alpha value is -0.370. The van der Waals surface area contributed by atoms with Gasteiger partial charge in [-0.1, -0.05) is 13.8 Å². The predicted molar refractivity (Wildman–Crippen MR) is 43.4 cm³/mol. The molecule has 1 fully saturated rings. The van der Waals surface area contributed by atoms with Crippen LogP contribution in [0.5, 0.6) is 0 Å². The molecule has 0 spiro atoms. The molecule has 0 amide bonds. The first-order valence-electron chi connectivity index (χ1n) is 4.28. The lowest BCUT2D eigenvalue weighted by Gasteiger charge is -2.24. The zero-order chi connectivity index (χ0) is 8.32. The molecule has 0 aliphatic carbocycles. The summed E-state index contributed by atoms with van der Waals surface area (Å²) < 4.78 is 5.25. The second-order valence-corrected chi connectivity index (χ2v) is 3.53. The summed E-state index contributed by atoms with van der Waals surface area (Å²) >= 11 is 0. The molecule has 0 aromatic heterocycles. The maximum Gasteiger partial charge on any atom is 0.120 e. The van der Waals surface area contributed by atoms with Crippen LogP contribution in [-0.2, 0) is 9.53 Å². The number of hydrogen-bond acceptors (Lipinski definition) is 2. The average Bonchev–Trinajstić information content (AvgIpc) is 2.82. The first-order valence-corrected chi connectivity index (χ1v) is 4.28. The van der Waals surface area contributed by atoms with Crippen LogP contribution in [0.4, 0.5) is 0 Å². The number of hydrogen-bond donors (Lipinski definition) is 0. The molecule has 64 valence electrons. The molecule has 2 atom stereocenters. The molecule has 0 N–H and O–H groups in total. The van der Waals surface area contributed by atoms with Crippen LogP contribution in [0.1, 0.15) is 33.1 Å². The third-order valence-electron chi connectivity index (χ3n) is 2.75. The smallest absolute Gasteiger partial charge is 0.120 e. The van der Waals surface area contributed by atoms with Gasteiger partial charge in [0.2, 0.25) is 0 Å². The van der Waals surface area contributed by atoms with Gasteiger partial charge in [0.05, 0.1) is 12.7 Å². The fourth-order valence-electron chi connectivity index (χ4n) is 1.40. The van der Waals surface area contributed by atoms with Crippen molar-refractivity contribution < 1.29 is 9.53 Å². The summed E-state index contributed by atoms with van der Waals surface area (Å²) in [5.41, 5.74) is 0.251. The van der Waals surface area contributed by atoms with E-state index in [2.05, 4.69) is 13.8 Å². The maximum atomic E-state index is 10.2. The molecule has 0 radical (unpaired) electrons. The van der Waals surface area contributed by atoms with E-state index < -0.39 is 0 Å². The first kappa shape index (κ1) is 8.72. The van der Waals surface area contributed by atoms with Crippen LogP contribution in [0.25, 0.3) is 0 Å². The largest absolute Gasteiger partial charge is 0.373 e. The molecule has 1 heterocycles. The predicted octanol–water partition coefficient (Wildman–Crippen LogP) is 1.78. The van der Waals surface area contributed by atoms with Crippen LogP contribution < -0.4 is 0 Å². The molecule has 2 heteroatoms. The third-order valence-corrected chi connectivity index (χ3v) is 2.75. The summed E-state index contributed by atoms with van der Waals surface area (Å²) in [5.74, 6) is 0. The van der Waals surface area contributed by atoms with Gasteiger partial charge >= 0.3 is 0 Å². The normalized spacial score (nSPS) is 27.6. The fourth-order valence-corrected chi connectivity index (χ4v) is 1.40. The molecule has 0 bridgehead atoms. The van der Waals surface area contributed by atoms with Crippen molar-refractivity contribution in [3.63, 3.8) is 0 Å². The van der Waals surface area contributed by atoms with Crippen molar-refractivity contribution >= 4 is 6.29 Å². The van der Waals surface area contributed by atoms with Crippen molar-refractivity contribution in [1.82, 2.24) is 0 Å². The zero-order valence-electron chi connectivity index (χ0n) is 7.30. The Morgan fingerprint density at radius 3 is 2.73 bits per heavy atom. The van der Waals surface area contributed by atoms with Gasteiger partial charge in [0.15, 0.2) is 0 Å². The fraction of sp³-hybridized carbons (Fsp3) is 0.889. The molecule has 0 aromatic carbocycles. The maximum absolute atomic E-state index is 10.2. The van der Waals surface area contributed by atoms with Crippen molar-refractivity contribution in [2.24, 2.45) is 5.41 Å². The summed E-state index contributed by atoms with van der Waals surface area (Å²) in [6.07, 6.45) is 4.16. The van der Waals surface area contributed by atoms with Gasteiger partial charge in [0.1, 0.15) is 6.29 Å². The van der Waals surface area contributed by atoms with E-state index in [1.807, 2.05) is 0 Å². The molecule has 2 nitrogen and oxygen atoms in total. The van der Waals surface area contributed by atoms with E-state index in [9.17, 15) is 4.79 Å². The number of carbonyl (C=O) groups is 1. The van der Waals surface area contributed by atoms with Crippen LogP contribution in [0, 0.1) is 5.41 Å². The minimum absolute atomic E-state index is 0.251. The van der Waals surface area contributed by atoms with Gasteiger partial charge in [0, 0.05) is 6.42 Å². The third kappa shape index (κ3) is 2.03. The molecule has 1 aliphatic rings. The number of carbonyl (C=O) groups excluding carboxylic acids is 1. The Labute approximate surface area is 67.9 Å². The Balaban J connectivity index is 2.37. The van der Waals surface area contributed by atoms with Crippen LogP contribution in [0.15, 0.2) is 0 Å². The van der Waals surface area contributed by atoms with Crippen molar-refractivity contribution in [1.29, 1.82) is 0 Å². The lowest BCUT2D eigenvalue weighted by atomic mass is 9.80. The summed E-state index contributed by atoms with van der Waals surface area (Å²) in [7, 11) is 0. The van der Waals surface area contributed by atoms with Gasteiger partial charge in [0.25, 0.3) is 0 Å². The van der Waals surface area contributed by atoms with Gasteiger partial charge in [-0.3, -0.25) is 0 Å². The molecule has 1 rings (SSSR count). The minimum Gasteiger partial charge on any atom is -0.373 e. The second-order valence-electron chi connectivity index (χ2n) is 3.53. The van der Waals surface area contributed by atoms with E-state index in [0.717, 1.165) is 25.7 Å². The number of epoxide rings is 1. The summed E-state index contributed by atoms with van der Waals surface area (Å²) in [6, 6.07) is 0. The molecule has 1 aliphatic heterocycles. The van der Waals surface area contributed by atoms with E-state index in [1.165, 1.54) is 0 Å². The monoisotopic (exact) mass is 156 g/mol. The highest BCUT2D eigenvalue weighted by Gasteiger charge is 2.41. The topological polar surface area (TPSA) is 29.6 Å². The van der Waals surface area contributed by atoms with Crippen LogP contribution in [0.2, 0.25) is 0 Å². The highest BCUT2D eigenvalue weighted by molar-refractivity contribution is 5.49. The van der Waals surface area contributed by atoms with Gasteiger partial charge in [-0.15, -0.1) is 0 Å². The van der Waals surface area contributed by atoms with Crippen molar-refractivity contribution in [3.05, 3.63) is 0 Å². The summed E-state index contributed by atoms with van der Waals surface area (Å²) in [6.45, 7) is 5.25. The second kappa shape index (κ2) is 3.35. The highest BCUT2D eigenvalue weighted by Crippen LogP contribution is 2.39. The summed E-state index contributed by atoms with van der Waals surface area (Å²) in [5, 5.41) is 0. The number of aldehydes is 1. The molecular formula is C9H16O2. The lowest BCUT2D eigenvalue weighted by molar-refractivity contribution is -0.108. The molecule has 11 heavy (non-hydrogen) atoms. The quantitative estimate of drug-likeness (QED) is 0.448. The SMILES string of the molecule is CCC(C)(CCC=O)C1CO1. The van der Waals surface area contributed by atoms with E-state index >= 15 is 0 Å². The Bertz CT molecular complexity index is 140. The average molecular weight is 156 g/mol. The summed E-state index contributed by atoms with van der Waals surface area (Å²) in [4.78, 5) is 10.2.